The zero-order chi connectivity index (χ0) is 27.9. The fourth-order valence-electron chi connectivity index (χ4n) is 4.15. The molecule has 0 saturated heterocycles. The molecular weight excluding hydrogens is 509 g/mol. The topological polar surface area (TPSA) is 78.0 Å². The second kappa shape index (κ2) is 12.2. The first-order valence-corrected chi connectivity index (χ1v) is 12.7. The Labute approximate surface area is 231 Å². The Kier molecular flexibility index (Phi) is 8.06. The molecule has 0 atom stereocenters. The van der Waals surface area contributed by atoms with Gasteiger partial charge in [0.1, 0.15) is 36.3 Å². The van der Waals surface area contributed by atoms with E-state index in [9.17, 15) is 9.18 Å². The van der Waals surface area contributed by atoms with E-state index in [1.54, 1.807) is 54.6 Å². The largest absolute Gasteiger partial charge is 0.489 e. The number of amides is 1. The molecule has 1 amide bonds. The van der Waals surface area contributed by atoms with Crippen molar-refractivity contribution >= 4 is 12.1 Å². The summed E-state index contributed by atoms with van der Waals surface area (Å²) in [7, 11) is 0. The summed E-state index contributed by atoms with van der Waals surface area (Å²) in [4.78, 5) is 12.4. The molecule has 0 spiro atoms. The molecular formula is C32H28FN3O4. The lowest BCUT2D eigenvalue weighted by Crippen LogP contribution is -2.16. The van der Waals surface area contributed by atoms with Crippen LogP contribution in [0.5, 0.6) is 11.5 Å². The second-order valence-electron chi connectivity index (χ2n) is 9.15. The van der Waals surface area contributed by atoms with Gasteiger partial charge in [0.25, 0.3) is 0 Å². The van der Waals surface area contributed by atoms with Crippen LogP contribution in [0.2, 0.25) is 0 Å². The van der Waals surface area contributed by atoms with Crippen molar-refractivity contribution in [2.75, 3.05) is 0 Å². The van der Waals surface area contributed by atoms with E-state index in [2.05, 4.69) is 41.1 Å². The van der Waals surface area contributed by atoms with Crippen LogP contribution >= 0.6 is 0 Å². The molecule has 8 heteroatoms. The number of hydrogen-bond donors (Lipinski definition) is 1. The smallest absolute Gasteiger partial charge is 0.307 e. The quantitative estimate of drug-likeness (QED) is 0.158. The van der Waals surface area contributed by atoms with Gasteiger partial charge >= 0.3 is 5.91 Å². The van der Waals surface area contributed by atoms with Crippen molar-refractivity contribution in [2.45, 2.75) is 27.1 Å². The summed E-state index contributed by atoms with van der Waals surface area (Å²) in [5, 5.41) is 3.99. The first-order valence-electron chi connectivity index (χ1n) is 12.7. The van der Waals surface area contributed by atoms with E-state index in [1.165, 1.54) is 12.3 Å². The monoisotopic (exact) mass is 537 g/mol. The Morgan fingerprint density at radius 2 is 1.50 bits per heavy atom. The Bertz CT molecular complexity index is 1600. The maximum absolute atomic E-state index is 13.7. The number of ether oxygens (including phenoxy) is 2. The van der Waals surface area contributed by atoms with Gasteiger partial charge in [0.2, 0.25) is 0 Å². The summed E-state index contributed by atoms with van der Waals surface area (Å²) in [6.45, 7) is 4.45. The molecule has 2 aromatic heterocycles. The number of benzene rings is 3. The molecule has 2 heterocycles. The van der Waals surface area contributed by atoms with E-state index in [0.29, 0.717) is 22.8 Å². The van der Waals surface area contributed by atoms with E-state index in [-0.39, 0.29) is 24.8 Å². The van der Waals surface area contributed by atoms with Gasteiger partial charge in [0.15, 0.2) is 5.76 Å². The number of rotatable bonds is 10. The molecule has 1 N–H and O–H groups in total. The van der Waals surface area contributed by atoms with Crippen molar-refractivity contribution in [1.29, 1.82) is 0 Å². The van der Waals surface area contributed by atoms with Crippen molar-refractivity contribution in [3.05, 3.63) is 137 Å². The molecule has 0 aliphatic rings. The van der Waals surface area contributed by atoms with Gasteiger partial charge in [-0.3, -0.25) is 4.79 Å². The average Bonchev–Trinajstić information content (AvgIpc) is 3.58. The Balaban J connectivity index is 1.08. The van der Waals surface area contributed by atoms with Crippen LogP contribution in [0.4, 0.5) is 4.39 Å². The predicted octanol–water partition coefficient (Wildman–Crippen LogP) is 6.75. The molecule has 5 aromatic rings. The summed E-state index contributed by atoms with van der Waals surface area (Å²) in [6, 6.07) is 28.8. The lowest BCUT2D eigenvalue weighted by molar-refractivity contribution is 0.0923. The Hall–Kier alpha value is -5.11. The summed E-state index contributed by atoms with van der Waals surface area (Å²) in [6.07, 6.45) is 1.51. The highest BCUT2D eigenvalue weighted by molar-refractivity contribution is 5.92. The highest BCUT2D eigenvalue weighted by Gasteiger charge is 2.11. The van der Waals surface area contributed by atoms with Crippen LogP contribution in [0.3, 0.4) is 0 Å². The number of carbonyl (C=O) groups is 1. The van der Waals surface area contributed by atoms with Gasteiger partial charge in [-0.05, 0) is 98.3 Å². The lowest BCUT2D eigenvalue weighted by atomic mass is 10.2. The fraction of sp³-hybridized carbons (Fsp3) is 0.125. The number of hydrogen-bond acceptors (Lipinski definition) is 5. The maximum atomic E-state index is 13.7. The summed E-state index contributed by atoms with van der Waals surface area (Å²) in [5.74, 6) is 1.15. The lowest BCUT2D eigenvalue weighted by Gasteiger charge is -2.10. The van der Waals surface area contributed by atoms with Crippen molar-refractivity contribution in [1.82, 2.24) is 9.99 Å². The van der Waals surface area contributed by atoms with Gasteiger partial charge in [0.05, 0.1) is 6.21 Å². The van der Waals surface area contributed by atoms with E-state index >= 15 is 0 Å². The first kappa shape index (κ1) is 26.5. The van der Waals surface area contributed by atoms with Gasteiger partial charge < -0.3 is 18.5 Å². The van der Waals surface area contributed by atoms with E-state index in [1.807, 2.05) is 24.3 Å². The standard InChI is InChI=1S/C32H28FN3O4/c1-22-7-8-23(2)36(22)26-11-15-28(16-12-26)39-21-29-17-18-31(40-29)32(37)35-34-19-24-9-13-27(14-10-24)38-20-25-5-3-4-6-30(25)33/h3-19H,20-21H2,1-2H3,(H,35,37)/b34-19+. The number of aromatic nitrogens is 1. The van der Waals surface area contributed by atoms with Crippen molar-refractivity contribution in [2.24, 2.45) is 5.10 Å². The number of halogens is 1. The maximum Gasteiger partial charge on any atom is 0.307 e. The number of carbonyl (C=O) groups excluding carboxylic acids is 1. The summed E-state index contributed by atoms with van der Waals surface area (Å²) >= 11 is 0. The van der Waals surface area contributed by atoms with Crippen LogP contribution in [0.15, 0.2) is 107 Å². The molecule has 0 aliphatic carbocycles. The van der Waals surface area contributed by atoms with Crippen LogP contribution in [-0.2, 0) is 13.2 Å². The average molecular weight is 538 g/mol. The molecule has 0 bridgehead atoms. The highest BCUT2D eigenvalue weighted by atomic mass is 19.1. The summed E-state index contributed by atoms with van der Waals surface area (Å²) < 4.78 is 33.0. The number of furan rings is 1. The number of nitrogens with zero attached hydrogens (tertiary/aromatic N) is 2. The molecule has 202 valence electrons. The van der Waals surface area contributed by atoms with Crippen molar-refractivity contribution in [3.63, 3.8) is 0 Å². The molecule has 0 aliphatic heterocycles. The molecule has 7 nitrogen and oxygen atoms in total. The van der Waals surface area contributed by atoms with Crippen LogP contribution in [0.1, 0.15) is 38.8 Å². The van der Waals surface area contributed by atoms with E-state index < -0.39 is 5.91 Å². The first-order chi connectivity index (χ1) is 19.5. The van der Waals surface area contributed by atoms with Crippen LogP contribution < -0.4 is 14.9 Å². The Morgan fingerprint density at radius 1 is 0.850 bits per heavy atom. The van der Waals surface area contributed by atoms with Crippen LogP contribution in [-0.4, -0.2) is 16.7 Å². The second-order valence-corrected chi connectivity index (χ2v) is 9.15. The van der Waals surface area contributed by atoms with E-state index in [4.69, 9.17) is 13.9 Å². The molecule has 0 fully saturated rings. The predicted molar refractivity (Wildman–Crippen MR) is 151 cm³/mol. The van der Waals surface area contributed by atoms with Gasteiger partial charge in [-0.25, -0.2) is 9.82 Å². The minimum Gasteiger partial charge on any atom is -0.489 e. The molecule has 40 heavy (non-hydrogen) atoms. The summed E-state index contributed by atoms with van der Waals surface area (Å²) in [5.41, 5.74) is 7.08. The zero-order valence-corrected chi connectivity index (χ0v) is 22.1. The SMILES string of the molecule is Cc1ccc(C)n1-c1ccc(OCc2ccc(C(=O)N/N=C/c3ccc(OCc4ccccc4F)cc3)o2)cc1. The van der Waals surface area contributed by atoms with Crippen LogP contribution in [0.25, 0.3) is 5.69 Å². The van der Waals surface area contributed by atoms with Gasteiger partial charge in [-0.2, -0.15) is 5.10 Å². The number of hydrazone groups is 1. The molecule has 0 unspecified atom stereocenters. The molecule has 3 aromatic carbocycles. The Morgan fingerprint density at radius 3 is 2.20 bits per heavy atom. The van der Waals surface area contributed by atoms with Gasteiger partial charge in [0, 0.05) is 22.6 Å². The minimum absolute atomic E-state index is 0.126. The fourth-order valence-corrected chi connectivity index (χ4v) is 4.15. The third kappa shape index (κ3) is 6.47. The van der Waals surface area contributed by atoms with Gasteiger partial charge in [-0.15, -0.1) is 0 Å². The third-order valence-corrected chi connectivity index (χ3v) is 6.24. The molecule has 5 rings (SSSR count). The number of nitrogens with one attached hydrogen (secondary N) is 1. The minimum atomic E-state index is -0.478. The van der Waals surface area contributed by atoms with E-state index in [0.717, 1.165) is 22.6 Å². The van der Waals surface area contributed by atoms with Crippen molar-refractivity contribution in [3.8, 4) is 17.2 Å². The molecule has 0 radical (unpaired) electrons. The molecule has 0 saturated carbocycles. The normalized spacial score (nSPS) is 11.1. The zero-order valence-electron chi connectivity index (χ0n) is 22.1. The van der Waals surface area contributed by atoms with Gasteiger partial charge in [-0.1, -0.05) is 18.2 Å². The highest BCUT2D eigenvalue weighted by Crippen LogP contribution is 2.21. The van der Waals surface area contributed by atoms with Crippen LogP contribution in [0, 0.1) is 19.7 Å². The third-order valence-electron chi connectivity index (χ3n) is 6.24. The number of aryl methyl sites for hydroxylation is 2. The van der Waals surface area contributed by atoms with Crippen molar-refractivity contribution < 1.29 is 23.1 Å².